The molecule has 2 aromatic rings. The van der Waals surface area contributed by atoms with Crippen molar-refractivity contribution in [3.63, 3.8) is 0 Å². The van der Waals surface area contributed by atoms with E-state index >= 15 is 0 Å². The Balaban J connectivity index is 1.37. The smallest absolute Gasteiger partial charge is 0.255 e. The van der Waals surface area contributed by atoms with Crippen LogP contribution < -0.4 is 4.74 Å². The maximum atomic E-state index is 13.2. The fourth-order valence-corrected chi connectivity index (χ4v) is 3.23. The van der Waals surface area contributed by atoms with E-state index in [2.05, 4.69) is 0 Å². The maximum absolute atomic E-state index is 13.2. The van der Waals surface area contributed by atoms with Crippen LogP contribution in [-0.2, 0) is 9.53 Å². The van der Waals surface area contributed by atoms with Crippen LogP contribution in [-0.4, -0.2) is 67.6 Å². The third-order valence-electron chi connectivity index (χ3n) is 4.55. The van der Waals surface area contributed by atoms with Gasteiger partial charge in [0.05, 0.1) is 17.2 Å². The quantitative estimate of drug-likeness (QED) is 0.646. The molecule has 6 nitrogen and oxygen atoms in total. The van der Waals surface area contributed by atoms with Crippen LogP contribution in [0.4, 0.5) is 4.39 Å². The summed E-state index contributed by atoms with van der Waals surface area (Å²) in [6.07, 6.45) is 0. The zero-order chi connectivity index (χ0) is 20.6. The number of halogens is 2. The van der Waals surface area contributed by atoms with Gasteiger partial charge in [0.2, 0.25) is 5.91 Å². The number of benzene rings is 2. The molecule has 0 bridgehead atoms. The molecule has 0 spiro atoms. The minimum Gasteiger partial charge on any atom is -0.491 e. The molecule has 29 heavy (non-hydrogen) atoms. The Hall–Kier alpha value is -2.64. The molecular weight excluding hydrogens is 399 g/mol. The van der Waals surface area contributed by atoms with Crippen LogP contribution in [0.15, 0.2) is 48.5 Å². The number of rotatable bonds is 7. The summed E-state index contributed by atoms with van der Waals surface area (Å²) in [4.78, 5) is 28.1. The Morgan fingerprint density at radius 2 is 1.66 bits per heavy atom. The molecule has 154 valence electrons. The van der Waals surface area contributed by atoms with Crippen LogP contribution in [0.2, 0.25) is 5.02 Å². The highest BCUT2D eigenvalue weighted by Gasteiger charge is 2.26. The molecule has 1 aliphatic rings. The van der Waals surface area contributed by atoms with Crippen LogP contribution in [0, 0.1) is 5.82 Å². The number of hydrogen-bond donors (Lipinski definition) is 0. The summed E-state index contributed by atoms with van der Waals surface area (Å²) < 4.78 is 24.1. The molecule has 1 fully saturated rings. The number of amides is 2. The largest absolute Gasteiger partial charge is 0.491 e. The van der Waals surface area contributed by atoms with Crippen molar-refractivity contribution in [2.45, 2.75) is 0 Å². The maximum Gasteiger partial charge on any atom is 0.255 e. The van der Waals surface area contributed by atoms with Crippen molar-refractivity contribution < 1.29 is 23.5 Å². The second kappa shape index (κ2) is 10.2. The van der Waals surface area contributed by atoms with Gasteiger partial charge in [-0.2, -0.15) is 0 Å². The molecule has 0 unspecified atom stereocenters. The van der Waals surface area contributed by atoms with Gasteiger partial charge in [0, 0.05) is 26.2 Å². The van der Waals surface area contributed by atoms with Crippen LogP contribution in [0.25, 0.3) is 0 Å². The highest BCUT2D eigenvalue weighted by atomic mass is 35.5. The Morgan fingerprint density at radius 1 is 0.966 bits per heavy atom. The van der Waals surface area contributed by atoms with Gasteiger partial charge in [-0.1, -0.05) is 29.8 Å². The summed E-state index contributed by atoms with van der Waals surface area (Å²) in [7, 11) is 0. The second-order valence-electron chi connectivity index (χ2n) is 6.51. The third-order valence-corrected chi connectivity index (χ3v) is 4.86. The Kier molecular flexibility index (Phi) is 7.43. The number of hydrogen-bond acceptors (Lipinski definition) is 4. The predicted molar refractivity (Wildman–Crippen MR) is 107 cm³/mol. The van der Waals surface area contributed by atoms with Crippen LogP contribution in [0.3, 0.4) is 0 Å². The molecule has 0 aliphatic carbocycles. The van der Waals surface area contributed by atoms with E-state index in [1.807, 2.05) is 30.3 Å². The van der Waals surface area contributed by atoms with E-state index < -0.39 is 5.82 Å². The molecule has 1 heterocycles. The molecule has 8 heteroatoms. The molecule has 1 saturated heterocycles. The minimum atomic E-state index is -0.490. The summed E-state index contributed by atoms with van der Waals surface area (Å²) in [5.41, 5.74) is 0.259. The first-order valence-corrected chi connectivity index (χ1v) is 9.70. The van der Waals surface area contributed by atoms with Crippen molar-refractivity contribution in [3.05, 3.63) is 64.9 Å². The van der Waals surface area contributed by atoms with Crippen LogP contribution in [0.5, 0.6) is 5.75 Å². The number of piperazine rings is 1. The van der Waals surface area contributed by atoms with Crippen molar-refractivity contribution in [2.75, 3.05) is 46.0 Å². The minimum absolute atomic E-state index is 0.0319. The predicted octanol–water partition coefficient (Wildman–Crippen LogP) is 2.86. The lowest BCUT2D eigenvalue weighted by Gasteiger charge is -2.34. The average Bonchev–Trinajstić information content (AvgIpc) is 2.74. The SMILES string of the molecule is O=C(COCCOc1ccccc1)N1CCN(C(=O)c2ccc(F)cc2Cl)CC1. The second-order valence-corrected chi connectivity index (χ2v) is 6.92. The number of nitrogens with zero attached hydrogens (tertiary/aromatic N) is 2. The monoisotopic (exact) mass is 420 g/mol. The standard InChI is InChI=1S/C21H22ClFN2O4/c22-19-14-16(23)6-7-18(19)21(27)25-10-8-24(9-11-25)20(26)15-28-12-13-29-17-4-2-1-3-5-17/h1-7,14H,8-13,15H2. The lowest BCUT2D eigenvalue weighted by molar-refractivity contribution is -0.137. The van der Waals surface area contributed by atoms with Gasteiger partial charge in [-0.3, -0.25) is 9.59 Å². The average molecular weight is 421 g/mol. The molecule has 3 rings (SSSR count). The molecule has 0 aromatic heterocycles. The van der Waals surface area contributed by atoms with E-state index in [1.54, 1.807) is 9.80 Å². The molecular formula is C21H22ClFN2O4. The molecule has 1 aliphatic heterocycles. The van der Waals surface area contributed by atoms with Crippen LogP contribution in [0.1, 0.15) is 10.4 Å². The van der Waals surface area contributed by atoms with E-state index in [4.69, 9.17) is 21.1 Å². The molecule has 0 N–H and O–H groups in total. The van der Waals surface area contributed by atoms with Gasteiger partial charge in [-0.15, -0.1) is 0 Å². The highest BCUT2D eigenvalue weighted by Crippen LogP contribution is 2.20. The zero-order valence-electron chi connectivity index (χ0n) is 15.9. The Morgan fingerprint density at radius 3 is 2.34 bits per heavy atom. The summed E-state index contributed by atoms with van der Waals surface area (Å²) in [5.74, 6) is -0.131. The van der Waals surface area contributed by atoms with E-state index in [0.29, 0.717) is 39.4 Å². The van der Waals surface area contributed by atoms with E-state index in [-0.39, 0.29) is 29.0 Å². The summed E-state index contributed by atoms with van der Waals surface area (Å²) in [6, 6.07) is 13.1. The lowest BCUT2D eigenvalue weighted by atomic mass is 10.1. The fourth-order valence-electron chi connectivity index (χ4n) is 2.98. The molecule has 0 atom stereocenters. The highest BCUT2D eigenvalue weighted by molar-refractivity contribution is 6.33. The summed E-state index contributed by atoms with van der Waals surface area (Å²) >= 11 is 5.97. The fraction of sp³-hybridized carbons (Fsp3) is 0.333. The zero-order valence-corrected chi connectivity index (χ0v) is 16.6. The molecule has 2 amide bonds. The number of carbonyl (C=O) groups is 2. The van der Waals surface area contributed by atoms with Gasteiger partial charge in [-0.05, 0) is 30.3 Å². The van der Waals surface area contributed by atoms with Crippen molar-refractivity contribution in [1.82, 2.24) is 9.80 Å². The van der Waals surface area contributed by atoms with Crippen molar-refractivity contribution in [3.8, 4) is 5.75 Å². The van der Waals surface area contributed by atoms with Crippen molar-refractivity contribution in [2.24, 2.45) is 0 Å². The van der Waals surface area contributed by atoms with Gasteiger partial charge < -0.3 is 19.3 Å². The molecule has 0 saturated carbocycles. The molecule has 2 aromatic carbocycles. The van der Waals surface area contributed by atoms with Gasteiger partial charge in [0.15, 0.2) is 0 Å². The summed E-state index contributed by atoms with van der Waals surface area (Å²) in [6.45, 7) is 2.22. The molecule has 0 radical (unpaired) electrons. The van der Waals surface area contributed by atoms with Gasteiger partial charge in [0.25, 0.3) is 5.91 Å². The topological polar surface area (TPSA) is 59.1 Å². The number of para-hydroxylation sites is 1. The van der Waals surface area contributed by atoms with Gasteiger partial charge >= 0.3 is 0 Å². The summed E-state index contributed by atoms with van der Waals surface area (Å²) in [5, 5.41) is 0.0830. The van der Waals surface area contributed by atoms with Crippen molar-refractivity contribution in [1.29, 1.82) is 0 Å². The van der Waals surface area contributed by atoms with E-state index in [1.165, 1.54) is 12.1 Å². The first kappa shape index (κ1) is 21.1. The number of ether oxygens (including phenoxy) is 2. The normalized spacial score (nSPS) is 14.0. The van der Waals surface area contributed by atoms with E-state index in [9.17, 15) is 14.0 Å². The third kappa shape index (κ3) is 5.92. The lowest BCUT2D eigenvalue weighted by Crippen LogP contribution is -2.51. The van der Waals surface area contributed by atoms with Crippen LogP contribution >= 0.6 is 11.6 Å². The van der Waals surface area contributed by atoms with Gasteiger partial charge in [0.1, 0.15) is 24.8 Å². The first-order valence-electron chi connectivity index (χ1n) is 9.32. The number of carbonyl (C=O) groups excluding carboxylic acids is 2. The van der Waals surface area contributed by atoms with E-state index in [0.717, 1.165) is 11.8 Å². The Bertz CT molecular complexity index is 842. The Labute approximate surface area is 173 Å². The van der Waals surface area contributed by atoms with Gasteiger partial charge in [-0.25, -0.2) is 4.39 Å². The van der Waals surface area contributed by atoms with Crippen molar-refractivity contribution >= 4 is 23.4 Å². The first-order chi connectivity index (χ1) is 14.0.